The number of rotatable bonds is 23. The molecule has 4 aliphatic heterocycles. The summed E-state index contributed by atoms with van der Waals surface area (Å²) in [4.78, 5) is 123. The van der Waals surface area contributed by atoms with Crippen LogP contribution in [-0.4, -0.2) is 150 Å². The number of phenols is 1. The lowest BCUT2D eigenvalue weighted by Crippen LogP contribution is -2.59. The summed E-state index contributed by atoms with van der Waals surface area (Å²) in [6, 6.07) is 20.3. The lowest BCUT2D eigenvalue weighted by atomic mass is 10.00. The van der Waals surface area contributed by atoms with Gasteiger partial charge in [0.1, 0.15) is 30.2 Å². The number of nitrogens with zero attached hydrogens (tertiary/aromatic N) is 4. The van der Waals surface area contributed by atoms with E-state index in [-0.39, 0.29) is 60.5 Å². The third-order valence-electron chi connectivity index (χ3n) is 15.3. The topological polar surface area (TPSA) is 312 Å². The Balaban J connectivity index is 0.845. The molecular weight excluding hydrogens is 1110 g/mol. The van der Waals surface area contributed by atoms with Gasteiger partial charge in [-0.15, -0.1) is 0 Å². The Labute approximate surface area is 494 Å². The second-order valence-electron chi connectivity index (χ2n) is 21.3. The smallest absolute Gasteiger partial charge is 0.416 e. The number of unbranched alkanes of at least 4 members (excludes halogenated alkanes) is 1. The summed E-state index contributed by atoms with van der Waals surface area (Å²) in [5, 5.41) is 44.4. The zero-order valence-corrected chi connectivity index (χ0v) is 47.9. The largest absolute Gasteiger partial charge is 0.505 e. The summed E-state index contributed by atoms with van der Waals surface area (Å²) in [6.45, 7) is 3.92. The van der Waals surface area contributed by atoms with Gasteiger partial charge >= 0.3 is 12.1 Å². The molecule has 24 nitrogen and oxygen atoms in total. The number of amides is 8. The molecule has 0 aliphatic carbocycles. The van der Waals surface area contributed by atoms with Crippen molar-refractivity contribution in [3.63, 3.8) is 0 Å². The van der Waals surface area contributed by atoms with Crippen LogP contribution in [0, 0.1) is 12.8 Å². The zero-order chi connectivity index (χ0) is 61.5. The lowest BCUT2D eigenvalue weighted by molar-refractivity contribution is -0.146. The van der Waals surface area contributed by atoms with E-state index in [1.165, 1.54) is 36.3 Å². The number of aliphatic carboxylic acids is 1. The number of phenolic OH excluding ortho intramolecular Hbond substituents is 1. The van der Waals surface area contributed by atoms with E-state index in [1.807, 2.05) is 43.3 Å². The fraction of sp³-hybridized carbons (Fsp3) is 0.339. The molecule has 86 heavy (non-hydrogen) atoms. The molecule has 0 spiro atoms. The second-order valence-corrected chi connectivity index (χ2v) is 21.3. The molecule has 24 heteroatoms. The summed E-state index contributed by atoms with van der Waals surface area (Å²) >= 11 is 0. The van der Waals surface area contributed by atoms with Gasteiger partial charge in [0.25, 0.3) is 17.7 Å². The highest BCUT2D eigenvalue weighted by Gasteiger charge is 2.46. The number of aromatic hydroxyl groups is 1. The highest BCUT2D eigenvalue weighted by molar-refractivity contribution is 6.15. The Kier molecular flexibility index (Phi) is 18.7. The monoisotopic (exact) mass is 1180 g/mol. The predicted molar refractivity (Wildman–Crippen MR) is 313 cm³/mol. The molecule has 9 rings (SSSR count). The average Bonchev–Trinajstić information content (AvgIpc) is 1.65. The first-order chi connectivity index (χ1) is 41.3. The molecule has 0 bridgehead atoms. The minimum Gasteiger partial charge on any atom is -0.505 e. The lowest BCUT2D eigenvalue weighted by Gasteiger charge is -2.31. The second kappa shape index (κ2) is 26.4. The zero-order valence-electron chi connectivity index (χ0n) is 47.9. The average molecular weight is 1180 g/mol. The number of carboxylic acids is 1. The van der Waals surface area contributed by atoms with Crippen LogP contribution in [0.5, 0.6) is 23.0 Å². The fourth-order valence-electron chi connectivity index (χ4n) is 10.8. The van der Waals surface area contributed by atoms with Crippen molar-refractivity contribution in [3.8, 4) is 23.0 Å². The van der Waals surface area contributed by atoms with Gasteiger partial charge in [0.2, 0.25) is 23.6 Å². The van der Waals surface area contributed by atoms with E-state index in [0.29, 0.717) is 64.4 Å². The van der Waals surface area contributed by atoms with E-state index in [0.717, 1.165) is 39.1 Å². The number of imide groups is 1. The molecule has 0 saturated heterocycles. The van der Waals surface area contributed by atoms with Crippen molar-refractivity contribution in [1.29, 1.82) is 0 Å². The number of hydrogen-bond acceptors (Lipinski definition) is 16. The molecule has 5 aromatic carbocycles. The van der Waals surface area contributed by atoms with Gasteiger partial charge in [-0.05, 0) is 108 Å². The first kappa shape index (κ1) is 60.8. The van der Waals surface area contributed by atoms with E-state index in [2.05, 4.69) is 21.3 Å². The highest BCUT2D eigenvalue weighted by atomic mass is 16.6. The number of anilines is 3. The molecular formula is C62H66N8O16. The number of hydrogen-bond donors (Lipinski definition) is 7. The van der Waals surface area contributed by atoms with Crippen LogP contribution in [0.3, 0.4) is 0 Å². The Morgan fingerprint density at radius 1 is 0.826 bits per heavy atom. The SMILES string of the molecule is COc1ccc(C2=CN3C(=O)c4cc(OC)c(OCCCCC(=O)N5CCc6cc7c(C)cccc7c(O)c65)cc4N(C(=O)OCc4ccc(NC(=O)CNC(=O)[C@@H](NC(=O)[C@H](CNCC(=O)O)N5C(=O)C=CC5=O)C(C)C)cc4)[C@@H](O)C3C2)cc1. The number of benzene rings is 5. The van der Waals surface area contributed by atoms with Crippen LogP contribution in [0.1, 0.15) is 72.1 Å². The summed E-state index contributed by atoms with van der Waals surface area (Å²) in [5.74, 6) is -5.34. The van der Waals surface area contributed by atoms with E-state index < -0.39 is 97.4 Å². The predicted octanol–water partition coefficient (Wildman–Crippen LogP) is 4.90. The normalized spacial score (nSPS) is 16.7. The first-order valence-electron chi connectivity index (χ1n) is 27.9. The number of carboxylic acid groups (broad SMARTS) is 1. The van der Waals surface area contributed by atoms with Gasteiger partial charge in [0.15, 0.2) is 17.7 Å². The Bertz CT molecular complexity index is 3550. The number of aliphatic hydroxyl groups is 1. The van der Waals surface area contributed by atoms with Crippen molar-refractivity contribution >= 4 is 86.8 Å². The number of ether oxygens (including phenoxy) is 4. The quantitative estimate of drug-likeness (QED) is 0.0338. The molecule has 1 unspecified atom stereocenters. The van der Waals surface area contributed by atoms with Crippen LogP contribution in [0.4, 0.5) is 21.9 Å². The minimum absolute atomic E-state index is 0.00482. The van der Waals surface area contributed by atoms with Crippen LogP contribution in [0.25, 0.3) is 16.3 Å². The molecule has 0 aromatic heterocycles. The third kappa shape index (κ3) is 13.1. The summed E-state index contributed by atoms with van der Waals surface area (Å²) in [7, 11) is 2.95. The maximum absolute atomic E-state index is 14.6. The molecule has 5 aromatic rings. The molecule has 0 fully saturated rings. The molecule has 0 saturated carbocycles. The Morgan fingerprint density at radius 2 is 1.56 bits per heavy atom. The van der Waals surface area contributed by atoms with Gasteiger partial charge in [-0.3, -0.25) is 43.3 Å². The van der Waals surface area contributed by atoms with Crippen LogP contribution >= 0.6 is 0 Å². The van der Waals surface area contributed by atoms with Gasteiger partial charge in [-0.2, -0.15) is 0 Å². The molecule has 8 amide bonds. The molecule has 4 aliphatic rings. The van der Waals surface area contributed by atoms with Crippen molar-refractivity contribution in [1.82, 2.24) is 25.8 Å². The standard InChI is InChI=1S/C62H66N8O16/c1-34(2)55(66-58(78)47(29-63-31-54(75)76)69-52(73)20-21-53(69)74)59(79)64-30-50(71)65-40-16-12-36(13-17-40)33-86-62(82)70-45-28-49(85-24-7-6-11-51(72)67-23-22-38-25-43-35(3)9-8-10-42(43)57(77)56(38)67)48(84-5)27-44(45)60(80)68-32-39(26-46(68)61(70)81)37-14-18-41(83-4)19-15-37/h8-10,12-21,25,27-28,32,34,46-47,55,61,63,77,81H,6-7,11,22-24,26,29-31,33H2,1-5H3,(H,64,79)(H,65,71)(H,66,78)(H,75,76)/t46?,47-,55-,61-/m0/s1. The summed E-state index contributed by atoms with van der Waals surface area (Å²) in [5.41, 5.74) is 4.70. The summed E-state index contributed by atoms with van der Waals surface area (Å²) in [6.07, 6.45) is 2.72. The number of carbonyl (C=O) groups excluding carboxylic acids is 8. The van der Waals surface area contributed by atoms with E-state index in [4.69, 9.17) is 24.1 Å². The van der Waals surface area contributed by atoms with Gasteiger partial charge in [0.05, 0.1) is 56.9 Å². The third-order valence-corrected chi connectivity index (χ3v) is 15.3. The van der Waals surface area contributed by atoms with Gasteiger partial charge in [0, 0.05) is 55.0 Å². The highest BCUT2D eigenvalue weighted by Crippen LogP contribution is 2.45. The molecule has 450 valence electrons. The maximum Gasteiger partial charge on any atom is 0.416 e. The van der Waals surface area contributed by atoms with Crippen LogP contribution in [0.2, 0.25) is 0 Å². The van der Waals surface area contributed by atoms with Crippen molar-refractivity contribution < 1.29 is 77.4 Å². The van der Waals surface area contributed by atoms with Crippen LogP contribution in [0.15, 0.2) is 103 Å². The number of carbonyl (C=O) groups is 9. The van der Waals surface area contributed by atoms with Gasteiger partial charge in [-0.1, -0.05) is 56.3 Å². The van der Waals surface area contributed by atoms with Crippen LogP contribution < -0.4 is 45.3 Å². The summed E-state index contributed by atoms with van der Waals surface area (Å²) < 4.78 is 23.1. The molecule has 0 radical (unpaired) electrons. The van der Waals surface area contributed by atoms with Crippen molar-refractivity contribution in [3.05, 3.63) is 131 Å². The number of aliphatic hydroxyl groups excluding tert-OH is 1. The maximum atomic E-state index is 14.6. The Hall–Kier alpha value is -9.81. The minimum atomic E-state index is -1.65. The van der Waals surface area contributed by atoms with Gasteiger partial charge < -0.3 is 65.3 Å². The molecule has 7 N–H and O–H groups in total. The van der Waals surface area contributed by atoms with E-state index >= 15 is 0 Å². The van der Waals surface area contributed by atoms with Crippen LogP contribution in [-0.2, 0) is 51.3 Å². The number of fused-ring (bicyclic) bond motifs is 4. The molecule has 4 heterocycles. The van der Waals surface area contributed by atoms with Crippen molar-refractivity contribution in [2.24, 2.45) is 5.92 Å². The number of methoxy groups -OCH3 is 2. The fourth-order valence-corrected chi connectivity index (χ4v) is 10.8. The van der Waals surface area contributed by atoms with E-state index in [1.54, 1.807) is 56.3 Å². The number of aryl methyl sites for hydroxylation is 1. The number of nitrogens with one attached hydrogen (secondary N) is 4. The van der Waals surface area contributed by atoms with Gasteiger partial charge in [-0.25, -0.2) is 9.69 Å². The van der Waals surface area contributed by atoms with E-state index in [9.17, 15) is 53.4 Å². The Morgan fingerprint density at radius 3 is 2.24 bits per heavy atom. The van der Waals surface area contributed by atoms with Crippen molar-refractivity contribution in [2.75, 3.05) is 62.1 Å². The molecule has 4 atom stereocenters. The first-order valence-corrected chi connectivity index (χ1v) is 27.9. The van der Waals surface area contributed by atoms with Crippen molar-refractivity contribution in [2.45, 2.75) is 83.8 Å².